The maximum atomic E-state index is 12.1. The van der Waals surface area contributed by atoms with Crippen LogP contribution in [0.15, 0.2) is 59.8 Å². The Morgan fingerprint density at radius 3 is 2.59 bits per heavy atom. The molecule has 2 aromatic carbocycles. The van der Waals surface area contributed by atoms with E-state index in [0.29, 0.717) is 18.1 Å². The van der Waals surface area contributed by atoms with Crippen LogP contribution in [0, 0.1) is 6.92 Å². The van der Waals surface area contributed by atoms with Crippen LogP contribution >= 0.6 is 11.8 Å². The number of carbonyl (C=O) groups excluding carboxylic acids is 2. The first-order valence-electron chi connectivity index (χ1n) is 9.32. The SMILES string of the molecule is CCNC(=O)NC(=O)CSc1nnc(Cc2ccccc2)n1-c1cccc(C)c1. The molecule has 150 valence electrons. The van der Waals surface area contributed by atoms with Crippen molar-refractivity contribution < 1.29 is 9.59 Å². The van der Waals surface area contributed by atoms with E-state index in [1.165, 1.54) is 11.8 Å². The number of rotatable bonds is 7. The van der Waals surface area contributed by atoms with E-state index in [9.17, 15) is 9.59 Å². The van der Waals surface area contributed by atoms with Crippen molar-refractivity contribution in [1.29, 1.82) is 0 Å². The number of nitrogens with one attached hydrogen (secondary N) is 2. The molecule has 1 heterocycles. The third-order valence-electron chi connectivity index (χ3n) is 4.09. The van der Waals surface area contributed by atoms with E-state index >= 15 is 0 Å². The maximum Gasteiger partial charge on any atom is 0.321 e. The zero-order chi connectivity index (χ0) is 20.6. The first kappa shape index (κ1) is 20.6. The number of benzene rings is 2. The average molecular weight is 410 g/mol. The highest BCUT2D eigenvalue weighted by atomic mass is 32.2. The fourth-order valence-electron chi connectivity index (χ4n) is 2.81. The van der Waals surface area contributed by atoms with Crippen molar-refractivity contribution in [3.05, 3.63) is 71.5 Å². The number of hydrogen-bond donors (Lipinski definition) is 2. The molecule has 0 aliphatic heterocycles. The average Bonchev–Trinajstić information content (AvgIpc) is 3.10. The van der Waals surface area contributed by atoms with Crippen LogP contribution in [0.2, 0.25) is 0 Å². The summed E-state index contributed by atoms with van der Waals surface area (Å²) >= 11 is 1.24. The molecule has 0 aliphatic carbocycles. The van der Waals surface area contributed by atoms with Gasteiger partial charge in [-0.15, -0.1) is 10.2 Å². The Balaban J connectivity index is 1.83. The summed E-state index contributed by atoms with van der Waals surface area (Å²) < 4.78 is 1.96. The minimum absolute atomic E-state index is 0.0619. The van der Waals surface area contributed by atoms with Gasteiger partial charge in [-0.2, -0.15) is 0 Å². The van der Waals surface area contributed by atoms with Crippen molar-refractivity contribution in [3.8, 4) is 5.69 Å². The fourth-order valence-corrected chi connectivity index (χ4v) is 3.58. The van der Waals surface area contributed by atoms with Gasteiger partial charge in [0.1, 0.15) is 5.82 Å². The van der Waals surface area contributed by atoms with E-state index in [1.807, 2.05) is 60.0 Å². The fraction of sp³-hybridized carbons (Fsp3) is 0.238. The lowest BCUT2D eigenvalue weighted by atomic mass is 10.1. The van der Waals surface area contributed by atoms with Crippen molar-refractivity contribution in [1.82, 2.24) is 25.4 Å². The van der Waals surface area contributed by atoms with E-state index in [-0.39, 0.29) is 11.7 Å². The molecule has 3 aromatic rings. The summed E-state index contributed by atoms with van der Waals surface area (Å²) in [6.07, 6.45) is 0.618. The highest BCUT2D eigenvalue weighted by Crippen LogP contribution is 2.24. The zero-order valence-electron chi connectivity index (χ0n) is 16.4. The lowest BCUT2D eigenvalue weighted by Gasteiger charge is -2.11. The van der Waals surface area contributed by atoms with E-state index in [0.717, 1.165) is 22.6 Å². The number of imide groups is 1. The van der Waals surface area contributed by atoms with Crippen LogP contribution in [0.5, 0.6) is 0 Å². The molecular weight excluding hydrogens is 386 g/mol. The van der Waals surface area contributed by atoms with Crippen molar-refractivity contribution in [2.75, 3.05) is 12.3 Å². The number of amides is 3. The van der Waals surface area contributed by atoms with E-state index < -0.39 is 6.03 Å². The number of hydrogen-bond acceptors (Lipinski definition) is 5. The molecule has 0 radical (unpaired) electrons. The Morgan fingerprint density at radius 2 is 1.86 bits per heavy atom. The van der Waals surface area contributed by atoms with Gasteiger partial charge in [0.25, 0.3) is 0 Å². The van der Waals surface area contributed by atoms with Gasteiger partial charge in [0.2, 0.25) is 5.91 Å². The first-order valence-corrected chi connectivity index (χ1v) is 10.3. The maximum absolute atomic E-state index is 12.1. The van der Waals surface area contributed by atoms with Gasteiger partial charge in [-0.25, -0.2) is 4.79 Å². The molecular formula is C21H23N5O2S. The quantitative estimate of drug-likeness (QED) is 0.586. The van der Waals surface area contributed by atoms with E-state index in [1.54, 1.807) is 6.92 Å². The summed E-state index contributed by atoms with van der Waals surface area (Å²) in [6, 6.07) is 17.6. The van der Waals surface area contributed by atoms with Gasteiger partial charge in [0.15, 0.2) is 5.16 Å². The molecule has 0 unspecified atom stereocenters. The number of nitrogens with zero attached hydrogens (tertiary/aromatic N) is 3. The summed E-state index contributed by atoms with van der Waals surface area (Å²) in [5, 5.41) is 14.1. The molecule has 0 saturated heterocycles. The standard InChI is InChI=1S/C21H23N5O2S/c1-3-22-20(28)23-19(27)14-29-21-25-24-18(13-16-9-5-4-6-10-16)26(21)17-11-7-8-15(2)12-17/h4-12H,3,13-14H2,1-2H3,(H2,22,23,27,28). The topological polar surface area (TPSA) is 88.9 Å². The molecule has 0 atom stereocenters. The predicted molar refractivity (Wildman–Crippen MR) is 113 cm³/mol. The molecule has 1 aromatic heterocycles. The molecule has 3 rings (SSSR count). The lowest BCUT2D eigenvalue weighted by molar-refractivity contribution is -0.117. The monoisotopic (exact) mass is 409 g/mol. The Labute approximate surface area is 173 Å². The highest BCUT2D eigenvalue weighted by molar-refractivity contribution is 7.99. The second kappa shape index (κ2) is 9.88. The van der Waals surface area contributed by atoms with Gasteiger partial charge in [-0.1, -0.05) is 54.2 Å². The van der Waals surface area contributed by atoms with Gasteiger partial charge in [0, 0.05) is 18.7 Å². The molecule has 8 heteroatoms. The molecule has 0 bridgehead atoms. The zero-order valence-corrected chi connectivity index (χ0v) is 17.2. The van der Waals surface area contributed by atoms with Crippen molar-refractivity contribution in [2.45, 2.75) is 25.4 Å². The molecule has 2 N–H and O–H groups in total. The van der Waals surface area contributed by atoms with Crippen LogP contribution in [0.1, 0.15) is 23.9 Å². The van der Waals surface area contributed by atoms with Crippen molar-refractivity contribution in [3.63, 3.8) is 0 Å². The Hall–Kier alpha value is -3.13. The second-order valence-corrected chi connectivity index (χ2v) is 7.37. The van der Waals surface area contributed by atoms with Gasteiger partial charge in [0.05, 0.1) is 5.75 Å². The van der Waals surface area contributed by atoms with Gasteiger partial charge >= 0.3 is 6.03 Å². The molecule has 3 amide bonds. The van der Waals surface area contributed by atoms with Crippen LogP contribution < -0.4 is 10.6 Å². The molecule has 7 nitrogen and oxygen atoms in total. The summed E-state index contributed by atoms with van der Waals surface area (Å²) in [5.41, 5.74) is 3.18. The van der Waals surface area contributed by atoms with Crippen LogP contribution in [-0.4, -0.2) is 39.0 Å². The number of aromatic nitrogens is 3. The van der Waals surface area contributed by atoms with Crippen molar-refractivity contribution >= 4 is 23.7 Å². The molecule has 0 spiro atoms. The Bertz CT molecular complexity index is 988. The summed E-state index contributed by atoms with van der Waals surface area (Å²) in [7, 11) is 0. The minimum atomic E-state index is -0.497. The third-order valence-corrected chi connectivity index (χ3v) is 5.02. The second-order valence-electron chi connectivity index (χ2n) is 6.43. The third kappa shape index (κ3) is 5.68. The number of aryl methyl sites for hydroxylation is 1. The highest BCUT2D eigenvalue weighted by Gasteiger charge is 2.17. The predicted octanol–water partition coefficient (Wildman–Crippen LogP) is 3.10. The van der Waals surface area contributed by atoms with Crippen LogP contribution in [0.25, 0.3) is 5.69 Å². The molecule has 29 heavy (non-hydrogen) atoms. The normalized spacial score (nSPS) is 10.6. The van der Waals surface area contributed by atoms with Crippen molar-refractivity contribution in [2.24, 2.45) is 0 Å². The summed E-state index contributed by atoms with van der Waals surface area (Å²) in [6.45, 7) is 4.27. The minimum Gasteiger partial charge on any atom is -0.338 e. The Kier molecular flexibility index (Phi) is 7.02. The number of urea groups is 1. The van der Waals surface area contributed by atoms with E-state index in [2.05, 4.69) is 26.9 Å². The molecule has 0 saturated carbocycles. The largest absolute Gasteiger partial charge is 0.338 e. The molecule has 0 fully saturated rings. The summed E-state index contributed by atoms with van der Waals surface area (Å²) in [5.74, 6) is 0.463. The number of thioether (sulfide) groups is 1. The first-order chi connectivity index (χ1) is 14.1. The van der Waals surface area contributed by atoms with Gasteiger partial charge in [-0.3, -0.25) is 14.7 Å². The van der Waals surface area contributed by atoms with Gasteiger partial charge < -0.3 is 5.32 Å². The van der Waals surface area contributed by atoms with Crippen LogP contribution in [-0.2, 0) is 11.2 Å². The molecule has 0 aliphatic rings. The summed E-state index contributed by atoms with van der Waals surface area (Å²) in [4.78, 5) is 23.6. The van der Waals surface area contributed by atoms with E-state index in [4.69, 9.17) is 0 Å². The Morgan fingerprint density at radius 1 is 1.07 bits per heavy atom. The lowest BCUT2D eigenvalue weighted by Crippen LogP contribution is -2.40. The van der Waals surface area contributed by atoms with Crippen LogP contribution in [0.4, 0.5) is 4.79 Å². The van der Waals surface area contributed by atoms with Crippen LogP contribution in [0.3, 0.4) is 0 Å². The number of carbonyl (C=O) groups is 2. The van der Waals surface area contributed by atoms with Gasteiger partial charge in [-0.05, 0) is 37.1 Å². The smallest absolute Gasteiger partial charge is 0.321 e.